The molecule has 0 aromatic carbocycles. The zero-order valence-electron chi connectivity index (χ0n) is 12.9. The Morgan fingerprint density at radius 3 is 2.95 bits per heavy atom. The quantitative estimate of drug-likeness (QED) is 0.869. The van der Waals surface area contributed by atoms with E-state index >= 15 is 0 Å². The molecule has 1 fully saturated rings. The number of hydrogen-bond donors (Lipinski definition) is 2. The maximum absolute atomic E-state index is 5.69. The Labute approximate surface area is 121 Å². The lowest BCUT2D eigenvalue weighted by molar-refractivity contribution is -0.126. The number of nitrogens with zero attached hydrogens (tertiary/aromatic N) is 1. The van der Waals surface area contributed by atoms with Gasteiger partial charge in [0.25, 0.3) is 0 Å². The van der Waals surface area contributed by atoms with Crippen LogP contribution in [-0.2, 0) is 17.6 Å². The monoisotopic (exact) mass is 277 g/mol. The van der Waals surface area contributed by atoms with Crippen molar-refractivity contribution in [3.05, 3.63) is 17.5 Å². The summed E-state index contributed by atoms with van der Waals surface area (Å²) in [5.74, 6) is 0. The predicted molar refractivity (Wildman–Crippen MR) is 79.8 cm³/mol. The van der Waals surface area contributed by atoms with Crippen molar-refractivity contribution in [3.63, 3.8) is 0 Å². The molecule has 3 atom stereocenters. The molecule has 3 rings (SSSR count). The summed E-state index contributed by atoms with van der Waals surface area (Å²) in [6, 6.07) is 1.21. The number of nitrogens with one attached hydrogen (secondary N) is 2. The fourth-order valence-corrected chi connectivity index (χ4v) is 4.35. The van der Waals surface area contributed by atoms with Crippen molar-refractivity contribution in [1.82, 2.24) is 15.5 Å². The van der Waals surface area contributed by atoms with Crippen LogP contribution in [-0.4, -0.2) is 35.5 Å². The third-order valence-corrected chi connectivity index (χ3v) is 5.84. The molecule has 4 nitrogen and oxygen atoms in total. The minimum Gasteiger partial charge on any atom is -0.381 e. The lowest BCUT2D eigenvalue weighted by atomic mass is 9.58. The van der Waals surface area contributed by atoms with Gasteiger partial charge in [0, 0.05) is 30.3 Å². The first-order valence-electron chi connectivity index (χ1n) is 8.03. The van der Waals surface area contributed by atoms with Gasteiger partial charge in [0.2, 0.25) is 0 Å². The average molecular weight is 277 g/mol. The molecule has 0 saturated heterocycles. The van der Waals surface area contributed by atoms with E-state index in [1.807, 2.05) is 13.3 Å². The first-order valence-corrected chi connectivity index (χ1v) is 8.03. The molecule has 0 amide bonds. The summed E-state index contributed by atoms with van der Waals surface area (Å²) < 4.78 is 5.69. The minimum absolute atomic E-state index is 0.339. The normalized spacial score (nSPS) is 31.6. The predicted octanol–water partition coefficient (Wildman–Crippen LogP) is 2.45. The summed E-state index contributed by atoms with van der Waals surface area (Å²) >= 11 is 0. The highest BCUT2D eigenvalue weighted by Crippen LogP contribution is 2.49. The van der Waals surface area contributed by atoms with E-state index in [-0.39, 0.29) is 0 Å². The number of fused-ring (bicyclic) bond motifs is 1. The van der Waals surface area contributed by atoms with Crippen LogP contribution >= 0.6 is 0 Å². The number of aryl methyl sites for hydroxylation is 1. The number of ether oxygens (including phenoxy) is 1. The fourth-order valence-electron chi connectivity index (χ4n) is 4.35. The van der Waals surface area contributed by atoms with E-state index in [1.54, 1.807) is 0 Å². The maximum Gasteiger partial charge on any atom is 0.0657 e. The van der Waals surface area contributed by atoms with E-state index in [1.165, 1.54) is 30.5 Å². The number of H-pyrrole nitrogens is 1. The summed E-state index contributed by atoms with van der Waals surface area (Å²) in [6.45, 7) is 4.61. The van der Waals surface area contributed by atoms with Crippen LogP contribution in [0.3, 0.4) is 0 Å². The first-order chi connectivity index (χ1) is 9.73. The number of aromatic nitrogens is 2. The molecule has 0 unspecified atom stereocenters. The molecule has 1 aromatic heterocycles. The zero-order chi connectivity index (χ0) is 14.2. The highest BCUT2D eigenvalue weighted by molar-refractivity contribution is 5.21. The molecule has 1 saturated carbocycles. The second kappa shape index (κ2) is 5.49. The van der Waals surface area contributed by atoms with Gasteiger partial charge in [-0.25, -0.2) is 0 Å². The SMILES string of the molecule is CCC1(CC)[C@@H](OC)C[C@H]1N[C@@H]1CCc2[nH]ncc2C1. The van der Waals surface area contributed by atoms with Gasteiger partial charge in [-0.1, -0.05) is 13.8 Å². The van der Waals surface area contributed by atoms with Gasteiger partial charge < -0.3 is 10.1 Å². The molecule has 4 heteroatoms. The molecule has 2 N–H and O–H groups in total. The lowest BCUT2D eigenvalue weighted by Gasteiger charge is -2.56. The molecular weight excluding hydrogens is 250 g/mol. The Hall–Kier alpha value is -0.870. The number of methoxy groups -OCH3 is 1. The van der Waals surface area contributed by atoms with E-state index in [0.717, 1.165) is 19.3 Å². The second-order valence-corrected chi connectivity index (χ2v) is 6.43. The van der Waals surface area contributed by atoms with Crippen molar-refractivity contribution in [2.75, 3.05) is 7.11 Å². The smallest absolute Gasteiger partial charge is 0.0657 e. The minimum atomic E-state index is 0.339. The Morgan fingerprint density at radius 1 is 1.45 bits per heavy atom. The van der Waals surface area contributed by atoms with E-state index in [2.05, 4.69) is 29.4 Å². The van der Waals surface area contributed by atoms with Crippen molar-refractivity contribution in [3.8, 4) is 0 Å². The molecule has 2 aliphatic carbocycles. The largest absolute Gasteiger partial charge is 0.381 e. The third-order valence-electron chi connectivity index (χ3n) is 5.84. The molecule has 0 aliphatic heterocycles. The fraction of sp³-hybridized carbons (Fsp3) is 0.812. The van der Waals surface area contributed by atoms with E-state index < -0.39 is 0 Å². The zero-order valence-corrected chi connectivity index (χ0v) is 12.9. The lowest BCUT2D eigenvalue weighted by Crippen LogP contribution is -2.65. The van der Waals surface area contributed by atoms with E-state index in [4.69, 9.17) is 4.74 Å². The Kier molecular flexibility index (Phi) is 3.87. The second-order valence-electron chi connectivity index (χ2n) is 6.43. The van der Waals surface area contributed by atoms with Crippen LogP contribution in [0.5, 0.6) is 0 Å². The Bertz CT molecular complexity index is 452. The van der Waals surface area contributed by atoms with Gasteiger partial charge >= 0.3 is 0 Å². The molecule has 0 spiro atoms. The highest BCUT2D eigenvalue weighted by atomic mass is 16.5. The third kappa shape index (κ3) is 2.09. The molecule has 0 radical (unpaired) electrons. The maximum atomic E-state index is 5.69. The van der Waals surface area contributed by atoms with Crippen LogP contribution in [0, 0.1) is 5.41 Å². The molecule has 0 bridgehead atoms. The van der Waals surface area contributed by atoms with Gasteiger partial charge in [0.1, 0.15) is 0 Å². The summed E-state index contributed by atoms with van der Waals surface area (Å²) in [6.07, 6.45) is 9.44. The standard InChI is InChI=1S/C16H27N3O/c1-4-16(5-2)14(9-15(16)20-3)18-12-6-7-13-11(8-12)10-17-19-13/h10,12,14-15,18H,4-9H2,1-3H3,(H,17,19)/t12-,14-,15+/m1/s1. The van der Waals surface area contributed by atoms with Crippen LogP contribution in [0.15, 0.2) is 6.20 Å². The van der Waals surface area contributed by atoms with E-state index in [9.17, 15) is 0 Å². The van der Waals surface area contributed by atoms with Crippen molar-refractivity contribution < 1.29 is 4.74 Å². The Balaban J connectivity index is 1.64. The van der Waals surface area contributed by atoms with Gasteiger partial charge in [-0.05, 0) is 44.1 Å². The average Bonchev–Trinajstić information content (AvgIpc) is 2.92. The van der Waals surface area contributed by atoms with Crippen LogP contribution in [0.25, 0.3) is 0 Å². The van der Waals surface area contributed by atoms with Crippen molar-refractivity contribution in [2.45, 2.75) is 70.6 Å². The van der Waals surface area contributed by atoms with Gasteiger partial charge in [-0.3, -0.25) is 5.10 Å². The van der Waals surface area contributed by atoms with Crippen molar-refractivity contribution >= 4 is 0 Å². The van der Waals surface area contributed by atoms with Crippen molar-refractivity contribution in [2.24, 2.45) is 5.41 Å². The molecule has 20 heavy (non-hydrogen) atoms. The molecular formula is C16H27N3O. The molecule has 1 aromatic rings. The number of rotatable bonds is 5. The highest BCUT2D eigenvalue weighted by Gasteiger charge is 2.53. The van der Waals surface area contributed by atoms with Gasteiger partial charge in [0.15, 0.2) is 0 Å². The van der Waals surface area contributed by atoms with Gasteiger partial charge in [0.05, 0.1) is 12.3 Å². The van der Waals surface area contributed by atoms with E-state index in [0.29, 0.717) is 23.6 Å². The van der Waals surface area contributed by atoms with Crippen LogP contribution in [0.4, 0.5) is 0 Å². The first kappa shape index (κ1) is 14.1. The van der Waals surface area contributed by atoms with Crippen molar-refractivity contribution in [1.29, 1.82) is 0 Å². The molecule has 1 heterocycles. The van der Waals surface area contributed by atoms with Gasteiger partial charge in [-0.2, -0.15) is 5.10 Å². The summed E-state index contributed by atoms with van der Waals surface area (Å²) in [4.78, 5) is 0. The molecule has 2 aliphatic rings. The topological polar surface area (TPSA) is 49.9 Å². The van der Waals surface area contributed by atoms with Crippen LogP contribution < -0.4 is 5.32 Å². The molecule has 112 valence electrons. The number of hydrogen-bond acceptors (Lipinski definition) is 3. The van der Waals surface area contributed by atoms with Gasteiger partial charge in [-0.15, -0.1) is 0 Å². The number of aromatic amines is 1. The summed E-state index contributed by atoms with van der Waals surface area (Å²) in [5.41, 5.74) is 3.07. The summed E-state index contributed by atoms with van der Waals surface area (Å²) in [5, 5.41) is 11.2. The van der Waals surface area contributed by atoms with Crippen LogP contribution in [0.1, 0.15) is 50.8 Å². The van der Waals surface area contributed by atoms with Crippen LogP contribution in [0.2, 0.25) is 0 Å². The Morgan fingerprint density at radius 2 is 2.25 bits per heavy atom. The summed E-state index contributed by atoms with van der Waals surface area (Å²) in [7, 11) is 1.86.